The maximum atomic E-state index is 13.7. The molecule has 2 atom stereocenters. The van der Waals surface area contributed by atoms with Gasteiger partial charge >= 0.3 is 6.09 Å². The molecule has 2 fully saturated rings. The highest BCUT2D eigenvalue weighted by Crippen LogP contribution is 2.29. The van der Waals surface area contributed by atoms with Gasteiger partial charge in [0.15, 0.2) is 0 Å². The van der Waals surface area contributed by atoms with Crippen molar-refractivity contribution in [3.63, 3.8) is 0 Å². The summed E-state index contributed by atoms with van der Waals surface area (Å²) in [4.78, 5) is 34.9. The van der Waals surface area contributed by atoms with Crippen molar-refractivity contribution < 1.29 is 19.1 Å². The van der Waals surface area contributed by atoms with Gasteiger partial charge < -0.3 is 24.6 Å². The van der Waals surface area contributed by atoms with Crippen molar-refractivity contribution in [3.05, 3.63) is 12.3 Å². The predicted molar refractivity (Wildman–Crippen MR) is 144 cm³/mol. The first-order valence-electron chi connectivity index (χ1n) is 13.5. The largest absolute Gasteiger partial charge is 0.450 e. The third kappa shape index (κ3) is 9.88. The van der Waals surface area contributed by atoms with Crippen molar-refractivity contribution in [1.29, 1.82) is 5.26 Å². The van der Waals surface area contributed by atoms with Crippen LogP contribution in [0.1, 0.15) is 73.1 Å². The second kappa shape index (κ2) is 14.2. The van der Waals surface area contributed by atoms with Crippen molar-refractivity contribution in [2.75, 3.05) is 46.0 Å². The monoisotopic (exact) mass is 518 g/mol. The van der Waals surface area contributed by atoms with Crippen LogP contribution in [0.25, 0.3) is 0 Å². The fourth-order valence-corrected chi connectivity index (χ4v) is 4.48. The zero-order chi connectivity index (χ0) is 27.5. The molecule has 2 rings (SSSR count). The Morgan fingerprint density at radius 3 is 2.54 bits per heavy atom. The summed E-state index contributed by atoms with van der Waals surface area (Å²) >= 11 is 0. The summed E-state index contributed by atoms with van der Waals surface area (Å²) in [7, 11) is 0. The van der Waals surface area contributed by atoms with Gasteiger partial charge in [0.25, 0.3) is 0 Å². The van der Waals surface area contributed by atoms with Gasteiger partial charge in [0.1, 0.15) is 11.6 Å². The molecule has 208 valence electrons. The van der Waals surface area contributed by atoms with Crippen molar-refractivity contribution in [2.45, 2.75) is 84.7 Å². The van der Waals surface area contributed by atoms with E-state index in [1.807, 2.05) is 25.7 Å². The van der Waals surface area contributed by atoms with Gasteiger partial charge in [0.05, 0.1) is 25.9 Å². The van der Waals surface area contributed by atoms with Crippen LogP contribution in [-0.2, 0) is 14.3 Å². The molecule has 2 N–H and O–H groups in total. The number of rotatable bonds is 8. The molecule has 0 spiro atoms. The summed E-state index contributed by atoms with van der Waals surface area (Å²) in [5.41, 5.74) is -0.210. The first kappa shape index (κ1) is 30.4. The average Bonchev–Trinajstić information content (AvgIpc) is 3.00. The number of carbonyl (C=O) groups is 2. The summed E-state index contributed by atoms with van der Waals surface area (Å²) in [6, 6.07) is 1.61. The molecule has 0 aliphatic carbocycles. The number of nitrogens with one attached hydrogen (secondary N) is 2. The molecule has 0 aromatic heterocycles. The maximum Gasteiger partial charge on any atom is 0.413 e. The minimum atomic E-state index is -1.000. The van der Waals surface area contributed by atoms with E-state index in [0.29, 0.717) is 58.5 Å². The Labute approximate surface area is 222 Å². The van der Waals surface area contributed by atoms with Crippen LogP contribution in [0.3, 0.4) is 0 Å². The quantitative estimate of drug-likeness (QED) is 0.373. The van der Waals surface area contributed by atoms with E-state index in [1.54, 1.807) is 6.92 Å². The molecule has 0 aromatic rings. The van der Waals surface area contributed by atoms with Gasteiger partial charge in [-0.15, -0.1) is 0 Å². The van der Waals surface area contributed by atoms with Crippen LogP contribution < -0.4 is 10.6 Å². The van der Waals surface area contributed by atoms with Gasteiger partial charge in [-0.3, -0.25) is 10.1 Å². The number of nitrogens with zero attached hydrogens (tertiary/aromatic N) is 4. The number of guanidine groups is 1. The Morgan fingerprint density at radius 1 is 1.24 bits per heavy atom. The number of carbonyl (C=O) groups excluding carboxylic acids is 2. The van der Waals surface area contributed by atoms with E-state index in [9.17, 15) is 14.9 Å². The lowest BCUT2D eigenvalue weighted by atomic mass is 9.86. The van der Waals surface area contributed by atoms with E-state index in [0.717, 1.165) is 25.1 Å². The van der Waals surface area contributed by atoms with E-state index >= 15 is 0 Å². The minimum absolute atomic E-state index is 0.222. The lowest BCUT2D eigenvalue weighted by molar-refractivity contribution is -0.124. The third-order valence-electron chi connectivity index (χ3n) is 6.64. The Morgan fingerprint density at radius 2 is 1.95 bits per heavy atom. The lowest BCUT2D eigenvalue weighted by Crippen LogP contribution is -2.53. The van der Waals surface area contributed by atoms with Crippen LogP contribution >= 0.6 is 0 Å². The molecule has 37 heavy (non-hydrogen) atoms. The predicted octanol–water partition coefficient (Wildman–Crippen LogP) is 3.40. The summed E-state index contributed by atoms with van der Waals surface area (Å²) in [5, 5.41) is 16.0. The van der Waals surface area contributed by atoms with Crippen molar-refractivity contribution in [1.82, 2.24) is 20.4 Å². The van der Waals surface area contributed by atoms with E-state index in [-0.39, 0.29) is 23.9 Å². The molecule has 0 aromatic carbocycles. The molecule has 2 aliphatic rings. The molecule has 1 unspecified atom stereocenters. The fourth-order valence-electron chi connectivity index (χ4n) is 4.48. The normalized spacial score (nSPS) is 22.1. The highest BCUT2D eigenvalue weighted by Gasteiger charge is 2.38. The van der Waals surface area contributed by atoms with Crippen molar-refractivity contribution in [2.24, 2.45) is 10.4 Å². The van der Waals surface area contributed by atoms with Crippen molar-refractivity contribution in [3.8, 4) is 6.07 Å². The van der Waals surface area contributed by atoms with E-state index in [4.69, 9.17) is 14.5 Å². The van der Waals surface area contributed by atoms with Gasteiger partial charge in [-0.1, -0.05) is 40.7 Å². The molecule has 10 nitrogen and oxygen atoms in total. The first-order chi connectivity index (χ1) is 17.5. The highest BCUT2D eigenvalue weighted by atomic mass is 16.5. The number of allylic oxidation sites excluding steroid dienone is 1. The molecule has 0 bridgehead atoms. The summed E-state index contributed by atoms with van der Waals surface area (Å²) in [6.45, 7) is 18.1. The molecule has 0 saturated carbocycles. The smallest absolute Gasteiger partial charge is 0.413 e. The van der Waals surface area contributed by atoms with Gasteiger partial charge in [-0.2, -0.15) is 5.26 Å². The number of aliphatic imine (C=N–C) groups is 1. The number of ether oxygens (including phenoxy) is 2. The second-order valence-corrected chi connectivity index (χ2v) is 11.0. The van der Waals surface area contributed by atoms with Crippen LogP contribution in [0.4, 0.5) is 4.79 Å². The van der Waals surface area contributed by atoms with Crippen LogP contribution in [0.2, 0.25) is 0 Å². The summed E-state index contributed by atoms with van der Waals surface area (Å²) < 4.78 is 10.5. The molecular formula is C27H46N6O4. The topological polar surface area (TPSA) is 119 Å². The molecule has 10 heteroatoms. The van der Waals surface area contributed by atoms with Gasteiger partial charge in [-0.05, 0) is 38.0 Å². The molecule has 0 radical (unpaired) electrons. The maximum absolute atomic E-state index is 13.7. The SMILES string of the molecule is C=C1CCC(C#N)(NC(=O)[C@H](CC(C)(C)C)N=C(NC(=O)OCC)N2CCOCC2)CCN1CCCC. The minimum Gasteiger partial charge on any atom is -0.450 e. The average molecular weight is 519 g/mol. The van der Waals surface area contributed by atoms with Gasteiger partial charge in [0, 0.05) is 38.3 Å². The molecule has 2 aliphatic heterocycles. The number of likely N-dealkylation sites (tertiary alicyclic amines) is 1. The Bertz CT molecular complexity index is 856. The van der Waals surface area contributed by atoms with E-state index < -0.39 is 17.7 Å². The zero-order valence-electron chi connectivity index (χ0n) is 23.4. The lowest BCUT2D eigenvalue weighted by Gasteiger charge is -2.33. The van der Waals surface area contributed by atoms with Gasteiger partial charge in [-0.25, -0.2) is 9.79 Å². The first-order valence-corrected chi connectivity index (χ1v) is 13.5. The number of morpholine rings is 1. The highest BCUT2D eigenvalue weighted by molar-refractivity contribution is 5.96. The second-order valence-electron chi connectivity index (χ2n) is 11.0. The Kier molecular flexibility index (Phi) is 11.7. The van der Waals surface area contributed by atoms with Crippen LogP contribution in [0.15, 0.2) is 17.3 Å². The number of hydrogen-bond donors (Lipinski definition) is 2. The molecular weight excluding hydrogens is 472 g/mol. The Hall–Kier alpha value is -2.80. The molecule has 2 saturated heterocycles. The van der Waals surface area contributed by atoms with Crippen molar-refractivity contribution >= 4 is 18.0 Å². The number of amides is 2. The number of hydrogen-bond acceptors (Lipinski definition) is 7. The number of unbranched alkanes of at least 4 members (excludes halogenated alkanes) is 1. The Balaban J connectivity index is 2.31. The van der Waals surface area contributed by atoms with Crippen LogP contribution in [0.5, 0.6) is 0 Å². The van der Waals surface area contributed by atoms with Crippen LogP contribution in [-0.4, -0.2) is 85.3 Å². The summed E-state index contributed by atoms with van der Waals surface area (Å²) in [5.74, 6) is -0.0299. The van der Waals surface area contributed by atoms with Crippen LogP contribution in [0, 0.1) is 16.7 Å². The van der Waals surface area contributed by atoms with Gasteiger partial charge in [0.2, 0.25) is 11.9 Å². The fraction of sp³-hybridized carbons (Fsp3) is 0.778. The number of nitriles is 1. The number of alkyl carbamates (subject to hydrolysis) is 1. The van der Waals surface area contributed by atoms with E-state index in [1.165, 1.54) is 0 Å². The summed E-state index contributed by atoms with van der Waals surface area (Å²) in [6.07, 6.45) is 3.63. The zero-order valence-corrected chi connectivity index (χ0v) is 23.4. The third-order valence-corrected chi connectivity index (χ3v) is 6.64. The standard InChI is InChI=1S/C27H46N6O4/c1-7-9-13-32-14-12-27(20-28,11-10-21(32)3)31-23(34)22(19-26(4,5)6)29-24(30-25(35)37-8-2)33-15-17-36-18-16-33/h22H,3,7-19H2,1-2,4-6H3,(H,31,34)(H,29,30,35)/t22-,27?/m0/s1. The molecule has 2 amide bonds. The van der Waals surface area contributed by atoms with E-state index in [2.05, 4.69) is 35.1 Å². The molecule has 2 heterocycles.